The van der Waals surface area contributed by atoms with Crippen LogP contribution in [-0.4, -0.2) is 28.7 Å². The van der Waals surface area contributed by atoms with E-state index in [4.69, 9.17) is 0 Å². The fraction of sp³-hybridized carbons (Fsp3) is 0.647. The van der Waals surface area contributed by atoms with Crippen LogP contribution in [0, 0.1) is 16.0 Å². The lowest BCUT2D eigenvalue weighted by atomic mass is 9.86. The Morgan fingerprint density at radius 2 is 2.09 bits per heavy atom. The molecule has 1 aliphatic rings. The van der Waals surface area contributed by atoms with Crippen molar-refractivity contribution in [2.24, 2.45) is 5.92 Å². The molecule has 0 saturated heterocycles. The van der Waals surface area contributed by atoms with Gasteiger partial charge in [0.05, 0.1) is 11.0 Å². The SMILES string of the molecule is CC(CCc1ccccc1[N+](=O)[O-])NCC1CCCCC1O. The smallest absolute Gasteiger partial charge is 0.272 e. The number of rotatable bonds is 7. The molecule has 0 heterocycles. The van der Waals surface area contributed by atoms with Crippen LogP contribution in [0.2, 0.25) is 0 Å². The summed E-state index contributed by atoms with van der Waals surface area (Å²) in [6.45, 7) is 2.93. The summed E-state index contributed by atoms with van der Waals surface area (Å²) in [6, 6.07) is 7.22. The molecular weight excluding hydrogens is 280 g/mol. The lowest BCUT2D eigenvalue weighted by Gasteiger charge is -2.29. The summed E-state index contributed by atoms with van der Waals surface area (Å²) in [5, 5.41) is 24.4. The van der Waals surface area contributed by atoms with Crippen LogP contribution in [0.1, 0.15) is 44.6 Å². The maximum Gasteiger partial charge on any atom is 0.272 e. The number of para-hydroxylation sites is 1. The summed E-state index contributed by atoms with van der Waals surface area (Å²) >= 11 is 0. The van der Waals surface area contributed by atoms with Crippen molar-refractivity contribution in [3.8, 4) is 0 Å². The molecule has 1 fully saturated rings. The molecule has 2 rings (SSSR count). The zero-order valence-corrected chi connectivity index (χ0v) is 13.2. The first-order chi connectivity index (χ1) is 10.6. The fourth-order valence-corrected chi connectivity index (χ4v) is 3.15. The van der Waals surface area contributed by atoms with E-state index in [9.17, 15) is 15.2 Å². The van der Waals surface area contributed by atoms with E-state index in [1.54, 1.807) is 12.1 Å². The minimum Gasteiger partial charge on any atom is -0.393 e. The number of aliphatic hydroxyl groups is 1. The van der Waals surface area contributed by atoms with Crippen molar-refractivity contribution in [2.45, 2.75) is 57.6 Å². The Balaban J connectivity index is 1.78. The first-order valence-electron chi connectivity index (χ1n) is 8.21. The van der Waals surface area contributed by atoms with Crippen molar-refractivity contribution in [3.63, 3.8) is 0 Å². The van der Waals surface area contributed by atoms with Gasteiger partial charge in [0.15, 0.2) is 0 Å². The highest BCUT2D eigenvalue weighted by Crippen LogP contribution is 2.24. The number of nitro benzene ring substituents is 1. The predicted octanol–water partition coefficient (Wildman–Crippen LogP) is 3.06. The third-order valence-electron chi connectivity index (χ3n) is 4.63. The van der Waals surface area contributed by atoms with Crippen LogP contribution in [0.5, 0.6) is 0 Å². The van der Waals surface area contributed by atoms with Crippen LogP contribution < -0.4 is 5.32 Å². The van der Waals surface area contributed by atoms with Crippen molar-refractivity contribution in [3.05, 3.63) is 39.9 Å². The molecule has 5 nitrogen and oxygen atoms in total. The molecule has 0 spiro atoms. The molecule has 3 unspecified atom stereocenters. The number of aliphatic hydroxyl groups excluding tert-OH is 1. The van der Waals surface area contributed by atoms with Gasteiger partial charge in [-0.25, -0.2) is 0 Å². The van der Waals surface area contributed by atoms with Crippen molar-refractivity contribution in [2.75, 3.05) is 6.54 Å². The summed E-state index contributed by atoms with van der Waals surface area (Å²) < 4.78 is 0. The average Bonchev–Trinajstić information content (AvgIpc) is 2.52. The summed E-state index contributed by atoms with van der Waals surface area (Å²) in [5.41, 5.74) is 0.997. The zero-order chi connectivity index (χ0) is 15.9. The second kappa shape index (κ2) is 8.25. The van der Waals surface area contributed by atoms with Gasteiger partial charge in [-0.05, 0) is 38.5 Å². The van der Waals surface area contributed by atoms with Crippen LogP contribution in [0.4, 0.5) is 5.69 Å². The van der Waals surface area contributed by atoms with Crippen molar-refractivity contribution >= 4 is 5.69 Å². The quantitative estimate of drug-likeness (QED) is 0.599. The third-order valence-corrected chi connectivity index (χ3v) is 4.63. The maximum atomic E-state index is 11.0. The molecule has 0 aliphatic heterocycles. The molecule has 5 heteroatoms. The number of nitrogens with one attached hydrogen (secondary N) is 1. The first kappa shape index (κ1) is 16.9. The van der Waals surface area contributed by atoms with E-state index in [1.807, 2.05) is 12.1 Å². The first-order valence-corrected chi connectivity index (χ1v) is 8.21. The average molecular weight is 306 g/mol. The van der Waals surface area contributed by atoms with Crippen LogP contribution in [0.3, 0.4) is 0 Å². The summed E-state index contributed by atoms with van der Waals surface area (Å²) in [4.78, 5) is 10.7. The van der Waals surface area contributed by atoms with Crippen LogP contribution in [-0.2, 0) is 6.42 Å². The standard InChI is InChI=1S/C17H26N2O3/c1-13(18-12-15-7-3-5-9-17(15)20)10-11-14-6-2-4-8-16(14)19(21)22/h2,4,6,8,13,15,17-18,20H,3,5,7,9-12H2,1H3. The molecule has 0 aromatic heterocycles. The van der Waals surface area contributed by atoms with Gasteiger partial charge in [-0.1, -0.05) is 31.0 Å². The van der Waals surface area contributed by atoms with Gasteiger partial charge in [-0.3, -0.25) is 10.1 Å². The number of nitro groups is 1. The Morgan fingerprint density at radius 3 is 2.82 bits per heavy atom. The van der Waals surface area contributed by atoms with Gasteiger partial charge in [0.1, 0.15) is 0 Å². The number of benzene rings is 1. The van der Waals surface area contributed by atoms with Gasteiger partial charge in [-0.15, -0.1) is 0 Å². The normalized spacial score (nSPS) is 23.2. The van der Waals surface area contributed by atoms with E-state index in [-0.39, 0.29) is 22.8 Å². The Labute approximate surface area is 131 Å². The lowest BCUT2D eigenvalue weighted by molar-refractivity contribution is -0.385. The third kappa shape index (κ3) is 4.78. The largest absolute Gasteiger partial charge is 0.393 e. The molecule has 0 radical (unpaired) electrons. The highest BCUT2D eigenvalue weighted by atomic mass is 16.6. The van der Waals surface area contributed by atoms with Crippen LogP contribution in [0.25, 0.3) is 0 Å². The highest BCUT2D eigenvalue weighted by Gasteiger charge is 2.23. The number of hydrogen-bond acceptors (Lipinski definition) is 4. The zero-order valence-electron chi connectivity index (χ0n) is 13.2. The van der Waals surface area contributed by atoms with E-state index >= 15 is 0 Å². The van der Waals surface area contributed by atoms with Crippen LogP contribution >= 0.6 is 0 Å². The van der Waals surface area contributed by atoms with Gasteiger partial charge in [0, 0.05) is 24.2 Å². The fourth-order valence-electron chi connectivity index (χ4n) is 3.15. The number of nitrogens with zero attached hydrogens (tertiary/aromatic N) is 1. The van der Waals surface area contributed by atoms with Gasteiger partial charge in [0.25, 0.3) is 5.69 Å². The van der Waals surface area contributed by atoms with E-state index in [1.165, 1.54) is 6.42 Å². The summed E-state index contributed by atoms with van der Waals surface area (Å²) in [7, 11) is 0. The lowest BCUT2D eigenvalue weighted by Crippen LogP contribution is -2.37. The molecule has 22 heavy (non-hydrogen) atoms. The molecule has 1 saturated carbocycles. The van der Waals surface area contributed by atoms with Gasteiger partial charge in [0.2, 0.25) is 0 Å². The predicted molar refractivity (Wildman–Crippen MR) is 86.8 cm³/mol. The molecule has 1 aromatic rings. The van der Waals surface area contributed by atoms with E-state index in [0.717, 1.165) is 37.8 Å². The Morgan fingerprint density at radius 1 is 1.36 bits per heavy atom. The molecule has 0 bridgehead atoms. The van der Waals surface area contributed by atoms with Gasteiger partial charge in [-0.2, -0.15) is 0 Å². The Hall–Kier alpha value is -1.46. The molecule has 1 aliphatic carbocycles. The minimum absolute atomic E-state index is 0.177. The maximum absolute atomic E-state index is 11.0. The minimum atomic E-state index is -0.314. The van der Waals surface area contributed by atoms with E-state index in [0.29, 0.717) is 12.3 Å². The topological polar surface area (TPSA) is 75.4 Å². The van der Waals surface area contributed by atoms with Crippen molar-refractivity contribution < 1.29 is 10.0 Å². The van der Waals surface area contributed by atoms with Crippen molar-refractivity contribution in [1.29, 1.82) is 0 Å². The van der Waals surface area contributed by atoms with Gasteiger partial charge >= 0.3 is 0 Å². The summed E-state index contributed by atoms with van der Waals surface area (Å²) in [5.74, 6) is 0.349. The highest BCUT2D eigenvalue weighted by molar-refractivity contribution is 5.39. The van der Waals surface area contributed by atoms with Crippen molar-refractivity contribution in [1.82, 2.24) is 5.32 Å². The molecule has 1 aromatic carbocycles. The Kier molecular flexibility index (Phi) is 6.34. The molecule has 122 valence electrons. The molecule has 0 amide bonds. The summed E-state index contributed by atoms with van der Waals surface area (Å²) in [6.07, 6.45) is 5.70. The molecular formula is C17H26N2O3. The Bertz CT molecular complexity index is 493. The molecule has 2 N–H and O–H groups in total. The monoisotopic (exact) mass is 306 g/mol. The van der Waals surface area contributed by atoms with Gasteiger partial charge < -0.3 is 10.4 Å². The second-order valence-corrected chi connectivity index (χ2v) is 6.35. The number of aryl methyl sites for hydroxylation is 1. The van der Waals surface area contributed by atoms with Crippen LogP contribution in [0.15, 0.2) is 24.3 Å². The van der Waals surface area contributed by atoms with E-state index in [2.05, 4.69) is 12.2 Å². The number of hydrogen-bond donors (Lipinski definition) is 2. The molecule has 3 atom stereocenters. The second-order valence-electron chi connectivity index (χ2n) is 6.35. The van der Waals surface area contributed by atoms with E-state index < -0.39 is 0 Å².